The van der Waals surface area contributed by atoms with Gasteiger partial charge in [0.15, 0.2) is 0 Å². The molecule has 0 amide bonds. The molecule has 2 rings (SSSR count). The molecule has 4 heteroatoms. The molecular formula is C15H20N4. The van der Waals surface area contributed by atoms with Crippen molar-refractivity contribution in [2.75, 3.05) is 13.1 Å². The molecule has 1 atom stereocenters. The maximum absolute atomic E-state index is 8.86. The summed E-state index contributed by atoms with van der Waals surface area (Å²) in [5.41, 5.74) is 3.49. The summed E-state index contributed by atoms with van der Waals surface area (Å²) < 4.78 is 2.02. The van der Waals surface area contributed by atoms with Gasteiger partial charge in [0, 0.05) is 13.6 Å². The normalized spacial score (nSPS) is 12.5. The van der Waals surface area contributed by atoms with Crippen LogP contribution in [0.15, 0.2) is 24.5 Å². The minimum Gasteiger partial charge on any atom is -0.334 e. The number of nitrogens with zero attached hydrogens (tertiary/aromatic N) is 3. The van der Waals surface area contributed by atoms with Gasteiger partial charge in [-0.15, -0.1) is 0 Å². The van der Waals surface area contributed by atoms with E-state index in [2.05, 4.69) is 34.6 Å². The summed E-state index contributed by atoms with van der Waals surface area (Å²) in [6.07, 6.45) is 3.71. The van der Waals surface area contributed by atoms with Gasteiger partial charge in [0.25, 0.3) is 0 Å². The summed E-state index contributed by atoms with van der Waals surface area (Å²) in [7, 11) is 2.00. The van der Waals surface area contributed by atoms with E-state index < -0.39 is 0 Å². The quantitative estimate of drug-likeness (QED) is 0.807. The van der Waals surface area contributed by atoms with Crippen molar-refractivity contribution >= 4 is 11.0 Å². The first-order valence-electron chi connectivity index (χ1n) is 6.75. The lowest BCUT2D eigenvalue weighted by Crippen LogP contribution is -2.23. The average Bonchev–Trinajstić information content (AvgIpc) is 2.80. The van der Waals surface area contributed by atoms with Crippen LogP contribution in [0, 0.1) is 17.2 Å². The molecule has 1 heterocycles. The van der Waals surface area contributed by atoms with Crippen LogP contribution in [0.5, 0.6) is 0 Å². The minimum absolute atomic E-state index is 0.123. The Hall–Kier alpha value is -1.86. The van der Waals surface area contributed by atoms with Gasteiger partial charge in [-0.05, 0) is 37.1 Å². The number of fused-ring (bicyclic) bond motifs is 1. The second-order valence-electron chi connectivity index (χ2n) is 4.87. The molecule has 0 aliphatic heterocycles. The topological polar surface area (TPSA) is 53.6 Å². The zero-order valence-electron chi connectivity index (χ0n) is 11.6. The second kappa shape index (κ2) is 6.35. The van der Waals surface area contributed by atoms with Crippen molar-refractivity contribution in [2.24, 2.45) is 13.0 Å². The van der Waals surface area contributed by atoms with E-state index in [4.69, 9.17) is 5.26 Å². The first-order chi connectivity index (χ1) is 9.24. The smallest absolute Gasteiger partial charge is 0.0955 e. The molecule has 19 heavy (non-hydrogen) atoms. The van der Waals surface area contributed by atoms with E-state index in [0.29, 0.717) is 0 Å². The molecule has 0 bridgehead atoms. The monoisotopic (exact) mass is 256 g/mol. The Bertz CT molecular complexity index is 579. The summed E-state index contributed by atoms with van der Waals surface area (Å²) in [5.74, 6) is 0.123. The third-order valence-corrected chi connectivity index (χ3v) is 3.45. The number of hydrogen-bond donors (Lipinski definition) is 1. The van der Waals surface area contributed by atoms with Gasteiger partial charge < -0.3 is 9.88 Å². The molecule has 0 fully saturated rings. The maximum atomic E-state index is 8.86. The molecule has 0 spiro atoms. The van der Waals surface area contributed by atoms with Crippen LogP contribution in [0.4, 0.5) is 0 Å². The van der Waals surface area contributed by atoms with Crippen molar-refractivity contribution in [3.63, 3.8) is 0 Å². The molecule has 1 aromatic carbocycles. The van der Waals surface area contributed by atoms with Crippen LogP contribution >= 0.6 is 0 Å². The number of imidazole rings is 1. The van der Waals surface area contributed by atoms with Gasteiger partial charge >= 0.3 is 0 Å². The van der Waals surface area contributed by atoms with Crippen LogP contribution in [0.1, 0.15) is 18.9 Å². The van der Waals surface area contributed by atoms with Crippen LogP contribution in [0.2, 0.25) is 0 Å². The van der Waals surface area contributed by atoms with Crippen molar-refractivity contribution in [1.29, 1.82) is 5.26 Å². The molecule has 0 radical (unpaired) electrons. The Kier molecular flexibility index (Phi) is 4.53. The first-order valence-corrected chi connectivity index (χ1v) is 6.75. The number of aryl methyl sites for hydroxylation is 1. The van der Waals surface area contributed by atoms with E-state index in [1.165, 1.54) is 5.56 Å². The van der Waals surface area contributed by atoms with E-state index in [-0.39, 0.29) is 5.92 Å². The Labute approximate surface area is 114 Å². The fraction of sp³-hybridized carbons (Fsp3) is 0.467. The zero-order valence-corrected chi connectivity index (χ0v) is 11.6. The standard InChI is InChI=1S/C15H20N4/c1-3-12(9-16)10-17-7-6-13-4-5-15-14(8-13)18-11-19(15)2/h4-5,8,11-12,17H,3,6-7,10H2,1-2H3. The molecular weight excluding hydrogens is 236 g/mol. The number of nitrogens with one attached hydrogen (secondary N) is 1. The van der Waals surface area contributed by atoms with Gasteiger partial charge in [-0.25, -0.2) is 4.98 Å². The van der Waals surface area contributed by atoms with Gasteiger partial charge in [-0.2, -0.15) is 5.26 Å². The molecule has 0 saturated heterocycles. The van der Waals surface area contributed by atoms with Gasteiger partial charge in [-0.1, -0.05) is 13.0 Å². The van der Waals surface area contributed by atoms with Gasteiger partial charge in [0.05, 0.1) is 29.3 Å². The third-order valence-electron chi connectivity index (χ3n) is 3.45. The Morgan fingerprint density at radius 3 is 3.05 bits per heavy atom. The Balaban J connectivity index is 1.86. The van der Waals surface area contributed by atoms with Gasteiger partial charge in [0.1, 0.15) is 0 Å². The van der Waals surface area contributed by atoms with Crippen molar-refractivity contribution in [2.45, 2.75) is 19.8 Å². The van der Waals surface area contributed by atoms with Crippen LogP contribution in [0.25, 0.3) is 11.0 Å². The molecule has 0 aliphatic carbocycles. The lowest BCUT2D eigenvalue weighted by molar-refractivity contribution is 0.555. The largest absolute Gasteiger partial charge is 0.334 e. The maximum Gasteiger partial charge on any atom is 0.0955 e. The number of hydrogen-bond acceptors (Lipinski definition) is 3. The summed E-state index contributed by atoms with van der Waals surface area (Å²) in [6.45, 7) is 3.72. The summed E-state index contributed by atoms with van der Waals surface area (Å²) in [6, 6.07) is 8.70. The highest BCUT2D eigenvalue weighted by atomic mass is 15.0. The lowest BCUT2D eigenvalue weighted by atomic mass is 10.1. The highest BCUT2D eigenvalue weighted by Gasteiger charge is 2.04. The summed E-state index contributed by atoms with van der Waals surface area (Å²) in [4.78, 5) is 4.36. The molecule has 0 saturated carbocycles. The number of nitriles is 1. The second-order valence-corrected chi connectivity index (χ2v) is 4.87. The molecule has 1 aromatic heterocycles. The minimum atomic E-state index is 0.123. The van der Waals surface area contributed by atoms with Crippen molar-refractivity contribution in [3.05, 3.63) is 30.1 Å². The fourth-order valence-corrected chi connectivity index (χ4v) is 2.13. The van der Waals surface area contributed by atoms with Crippen molar-refractivity contribution in [1.82, 2.24) is 14.9 Å². The Morgan fingerprint density at radius 2 is 2.32 bits per heavy atom. The van der Waals surface area contributed by atoms with E-state index in [1.54, 1.807) is 0 Å². The van der Waals surface area contributed by atoms with Crippen LogP contribution in [-0.2, 0) is 13.5 Å². The third kappa shape index (κ3) is 3.33. The molecule has 2 aromatic rings. The highest BCUT2D eigenvalue weighted by Crippen LogP contribution is 2.14. The van der Waals surface area contributed by atoms with Crippen molar-refractivity contribution < 1.29 is 0 Å². The summed E-state index contributed by atoms with van der Waals surface area (Å²) in [5, 5.41) is 12.2. The molecule has 1 N–H and O–H groups in total. The predicted octanol–water partition coefficient (Wildman–Crippen LogP) is 2.26. The Morgan fingerprint density at radius 1 is 1.47 bits per heavy atom. The van der Waals surface area contributed by atoms with Gasteiger partial charge in [-0.3, -0.25) is 0 Å². The molecule has 1 unspecified atom stereocenters. The number of benzene rings is 1. The predicted molar refractivity (Wildman–Crippen MR) is 76.7 cm³/mol. The van der Waals surface area contributed by atoms with Gasteiger partial charge in [0.2, 0.25) is 0 Å². The van der Waals surface area contributed by atoms with Crippen LogP contribution < -0.4 is 5.32 Å². The van der Waals surface area contributed by atoms with E-state index in [0.717, 1.165) is 37.0 Å². The summed E-state index contributed by atoms with van der Waals surface area (Å²) >= 11 is 0. The zero-order chi connectivity index (χ0) is 13.7. The first kappa shape index (κ1) is 13.6. The molecule has 0 aliphatic rings. The number of aromatic nitrogens is 2. The molecule has 4 nitrogen and oxygen atoms in total. The van der Waals surface area contributed by atoms with E-state index in [9.17, 15) is 0 Å². The van der Waals surface area contributed by atoms with Crippen LogP contribution in [0.3, 0.4) is 0 Å². The lowest BCUT2D eigenvalue weighted by Gasteiger charge is -2.08. The van der Waals surface area contributed by atoms with Crippen molar-refractivity contribution in [3.8, 4) is 6.07 Å². The SMILES string of the molecule is CCC(C#N)CNCCc1ccc2c(c1)ncn2C. The van der Waals surface area contributed by atoms with E-state index in [1.807, 2.05) is 24.9 Å². The number of rotatable bonds is 6. The average molecular weight is 256 g/mol. The fourth-order valence-electron chi connectivity index (χ4n) is 2.13. The van der Waals surface area contributed by atoms with E-state index >= 15 is 0 Å². The molecule has 100 valence electrons. The highest BCUT2D eigenvalue weighted by molar-refractivity contribution is 5.75. The van der Waals surface area contributed by atoms with Crippen LogP contribution in [-0.4, -0.2) is 22.6 Å².